The third-order valence-corrected chi connectivity index (χ3v) is 7.24. The number of aromatic nitrogens is 3. The van der Waals surface area contributed by atoms with Crippen LogP contribution in [0.25, 0.3) is 40.0 Å². The van der Waals surface area contributed by atoms with Gasteiger partial charge in [-0.1, -0.05) is 89.0 Å². The van der Waals surface area contributed by atoms with Gasteiger partial charge in [0.1, 0.15) is 11.6 Å². The van der Waals surface area contributed by atoms with E-state index in [9.17, 15) is 9.90 Å². The molecule has 214 valence electrons. The number of rotatable bonds is 16. The zero-order valence-corrected chi connectivity index (χ0v) is 24.1. The largest absolute Gasteiger partial charge is 0.508 e. The SMILES string of the molecule is CCCCCCCCCCCCNC(=O)C=Cc1ccc(-c2[nH]c(-c3cccnc3)nc2-c2ccc(O)cc2)cc1. The lowest BCUT2D eigenvalue weighted by atomic mass is 10.0. The van der Waals surface area contributed by atoms with E-state index in [0.29, 0.717) is 0 Å². The molecule has 2 aromatic carbocycles. The van der Waals surface area contributed by atoms with E-state index in [4.69, 9.17) is 4.98 Å². The first-order chi connectivity index (χ1) is 20.1. The highest BCUT2D eigenvalue weighted by Gasteiger charge is 2.15. The minimum absolute atomic E-state index is 0.0608. The fourth-order valence-corrected chi connectivity index (χ4v) is 4.87. The van der Waals surface area contributed by atoms with Gasteiger partial charge in [-0.05, 0) is 54.5 Å². The lowest BCUT2D eigenvalue weighted by Crippen LogP contribution is -2.21. The summed E-state index contributed by atoms with van der Waals surface area (Å²) in [7, 11) is 0. The Morgan fingerprint density at radius 3 is 2.15 bits per heavy atom. The molecule has 0 spiro atoms. The number of aromatic hydroxyl groups is 1. The molecule has 2 heterocycles. The molecule has 0 saturated carbocycles. The highest BCUT2D eigenvalue weighted by molar-refractivity contribution is 5.91. The fourth-order valence-electron chi connectivity index (χ4n) is 4.87. The minimum atomic E-state index is -0.0608. The van der Waals surface area contributed by atoms with Crippen molar-refractivity contribution in [3.8, 4) is 39.7 Å². The molecule has 0 atom stereocenters. The predicted molar refractivity (Wildman–Crippen MR) is 168 cm³/mol. The molecule has 0 saturated heterocycles. The third kappa shape index (κ3) is 9.45. The Kier molecular flexibility index (Phi) is 11.7. The lowest BCUT2D eigenvalue weighted by Gasteiger charge is -2.05. The maximum Gasteiger partial charge on any atom is 0.243 e. The molecule has 1 amide bonds. The van der Waals surface area contributed by atoms with E-state index in [0.717, 1.165) is 52.4 Å². The summed E-state index contributed by atoms with van der Waals surface area (Å²) in [6, 6.07) is 18.9. The summed E-state index contributed by atoms with van der Waals surface area (Å²) in [5.41, 5.74) is 5.37. The molecule has 0 aliphatic rings. The van der Waals surface area contributed by atoms with Crippen LogP contribution in [0.15, 0.2) is 79.1 Å². The van der Waals surface area contributed by atoms with Gasteiger partial charge in [-0.2, -0.15) is 0 Å². The number of carbonyl (C=O) groups is 1. The highest BCUT2D eigenvalue weighted by atomic mass is 16.3. The third-order valence-electron chi connectivity index (χ3n) is 7.24. The summed E-state index contributed by atoms with van der Waals surface area (Å²) in [4.78, 5) is 24.8. The Hall–Kier alpha value is -4.19. The van der Waals surface area contributed by atoms with Gasteiger partial charge < -0.3 is 15.4 Å². The molecule has 41 heavy (non-hydrogen) atoms. The summed E-state index contributed by atoms with van der Waals surface area (Å²) in [6.07, 6.45) is 19.8. The number of phenols is 1. The quantitative estimate of drug-likeness (QED) is 0.0962. The van der Waals surface area contributed by atoms with Crippen molar-refractivity contribution in [2.45, 2.75) is 71.1 Å². The van der Waals surface area contributed by atoms with Crippen molar-refractivity contribution < 1.29 is 9.90 Å². The molecule has 4 rings (SSSR count). The number of nitrogens with zero attached hydrogens (tertiary/aromatic N) is 2. The van der Waals surface area contributed by atoms with E-state index in [1.165, 1.54) is 57.8 Å². The van der Waals surface area contributed by atoms with Crippen molar-refractivity contribution in [3.63, 3.8) is 0 Å². The molecule has 4 aromatic rings. The standard InChI is InChI=1S/C35H42N4O2/c1-2-3-4-5-6-7-8-9-10-11-25-37-32(41)23-16-27-14-17-28(18-15-27)33-34(29-19-21-31(40)22-20-29)39-35(38-33)30-13-12-24-36-26-30/h12-24,26,40H,2-11,25H2,1H3,(H,37,41)(H,38,39). The maximum atomic E-state index is 12.3. The number of hydrogen-bond donors (Lipinski definition) is 3. The first-order valence-electron chi connectivity index (χ1n) is 15.0. The molecular weight excluding hydrogens is 508 g/mol. The van der Waals surface area contributed by atoms with Crippen LogP contribution in [0.4, 0.5) is 0 Å². The Balaban J connectivity index is 1.30. The predicted octanol–water partition coefficient (Wildman–Crippen LogP) is 8.56. The van der Waals surface area contributed by atoms with Crippen LogP contribution in [0.1, 0.15) is 76.7 Å². The maximum absolute atomic E-state index is 12.3. The molecule has 0 bridgehead atoms. The van der Waals surface area contributed by atoms with Crippen LogP contribution in [0.2, 0.25) is 0 Å². The number of H-pyrrole nitrogens is 1. The smallest absolute Gasteiger partial charge is 0.243 e. The molecule has 0 unspecified atom stereocenters. The van der Waals surface area contributed by atoms with Crippen LogP contribution in [0, 0.1) is 0 Å². The van der Waals surface area contributed by atoms with Crippen LogP contribution < -0.4 is 5.32 Å². The van der Waals surface area contributed by atoms with E-state index >= 15 is 0 Å². The molecule has 6 nitrogen and oxygen atoms in total. The van der Waals surface area contributed by atoms with E-state index < -0.39 is 0 Å². The van der Waals surface area contributed by atoms with Gasteiger partial charge in [-0.3, -0.25) is 9.78 Å². The second-order valence-electron chi connectivity index (χ2n) is 10.5. The Bertz CT molecular complexity index is 1360. The number of benzene rings is 2. The number of phenolic OH excluding ortho intramolecular Hbond substituents is 1. The van der Waals surface area contributed by atoms with Crippen molar-refractivity contribution in [2.75, 3.05) is 6.54 Å². The summed E-state index contributed by atoms with van der Waals surface area (Å²) < 4.78 is 0. The Labute approximate surface area is 244 Å². The first kappa shape index (κ1) is 29.8. The zero-order valence-electron chi connectivity index (χ0n) is 24.1. The van der Waals surface area contributed by atoms with Gasteiger partial charge in [0.05, 0.1) is 11.4 Å². The van der Waals surface area contributed by atoms with Crippen LogP contribution in [0.5, 0.6) is 5.75 Å². The molecule has 0 radical (unpaired) electrons. The van der Waals surface area contributed by atoms with Gasteiger partial charge in [0, 0.05) is 41.7 Å². The van der Waals surface area contributed by atoms with Crippen molar-refractivity contribution in [3.05, 3.63) is 84.7 Å². The highest BCUT2D eigenvalue weighted by Crippen LogP contribution is 2.33. The first-order valence-corrected chi connectivity index (χ1v) is 15.0. The van der Waals surface area contributed by atoms with Crippen LogP contribution >= 0.6 is 0 Å². The number of amides is 1. The van der Waals surface area contributed by atoms with Crippen molar-refractivity contribution in [2.24, 2.45) is 0 Å². The number of unbranched alkanes of at least 4 members (excludes halogenated alkanes) is 9. The second kappa shape index (κ2) is 16.2. The van der Waals surface area contributed by atoms with Crippen molar-refractivity contribution in [1.82, 2.24) is 20.3 Å². The van der Waals surface area contributed by atoms with Gasteiger partial charge in [-0.15, -0.1) is 0 Å². The molecular formula is C35H42N4O2. The molecule has 2 aromatic heterocycles. The molecule has 0 fully saturated rings. The number of hydrogen-bond acceptors (Lipinski definition) is 4. The average Bonchev–Trinajstić information content (AvgIpc) is 3.45. The number of carbonyl (C=O) groups excluding carboxylic acids is 1. The lowest BCUT2D eigenvalue weighted by molar-refractivity contribution is -0.116. The Morgan fingerprint density at radius 2 is 1.49 bits per heavy atom. The second-order valence-corrected chi connectivity index (χ2v) is 10.5. The monoisotopic (exact) mass is 550 g/mol. The van der Waals surface area contributed by atoms with Gasteiger partial charge in [0.25, 0.3) is 0 Å². The van der Waals surface area contributed by atoms with E-state index in [1.54, 1.807) is 30.6 Å². The van der Waals surface area contributed by atoms with Crippen LogP contribution in [-0.4, -0.2) is 32.5 Å². The normalized spacial score (nSPS) is 11.2. The summed E-state index contributed by atoms with van der Waals surface area (Å²) in [5, 5.41) is 12.8. The minimum Gasteiger partial charge on any atom is -0.508 e. The van der Waals surface area contributed by atoms with Gasteiger partial charge in [-0.25, -0.2) is 4.98 Å². The average molecular weight is 551 g/mol. The summed E-state index contributed by atoms with van der Waals surface area (Å²) in [5.74, 6) is 0.871. The van der Waals surface area contributed by atoms with Crippen LogP contribution in [0.3, 0.4) is 0 Å². The van der Waals surface area contributed by atoms with E-state index in [2.05, 4.69) is 22.2 Å². The van der Waals surface area contributed by atoms with Gasteiger partial charge >= 0.3 is 0 Å². The number of nitrogens with one attached hydrogen (secondary N) is 2. The fraction of sp³-hybridized carbons (Fsp3) is 0.343. The van der Waals surface area contributed by atoms with E-state index in [1.807, 2.05) is 54.6 Å². The molecule has 0 aliphatic heterocycles. The molecule has 6 heteroatoms. The van der Waals surface area contributed by atoms with Crippen LogP contribution in [-0.2, 0) is 4.79 Å². The zero-order chi connectivity index (χ0) is 28.7. The Morgan fingerprint density at radius 1 is 0.829 bits per heavy atom. The number of pyridine rings is 1. The van der Waals surface area contributed by atoms with Gasteiger partial charge in [0.2, 0.25) is 5.91 Å². The van der Waals surface area contributed by atoms with Crippen molar-refractivity contribution in [1.29, 1.82) is 0 Å². The van der Waals surface area contributed by atoms with Gasteiger partial charge in [0.15, 0.2) is 0 Å². The number of aromatic amines is 1. The summed E-state index contributed by atoms with van der Waals surface area (Å²) >= 11 is 0. The number of imidazole rings is 1. The topological polar surface area (TPSA) is 90.9 Å². The summed E-state index contributed by atoms with van der Waals surface area (Å²) in [6.45, 7) is 2.97. The molecule has 0 aliphatic carbocycles. The van der Waals surface area contributed by atoms with Crippen molar-refractivity contribution >= 4 is 12.0 Å². The van der Waals surface area contributed by atoms with E-state index in [-0.39, 0.29) is 11.7 Å². The molecule has 3 N–H and O–H groups in total.